The van der Waals surface area contributed by atoms with Crippen molar-refractivity contribution in [1.82, 2.24) is 5.32 Å². The van der Waals surface area contributed by atoms with E-state index < -0.39 is 17.3 Å². The van der Waals surface area contributed by atoms with Crippen molar-refractivity contribution in [3.63, 3.8) is 0 Å². The van der Waals surface area contributed by atoms with Gasteiger partial charge in [-0.25, -0.2) is 0 Å². The molecule has 1 amide bonds. The lowest BCUT2D eigenvalue weighted by atomic mass is 9.87. The van der Waals surface area contributed by atoms with Gasteiger partial charge in [0.05, 0.1) is 17.7 Å². The van der Waals surface area contributed by atoms with Crippen molar-refractivity contribution in [3.8, 4) is 0 Å². The fourth-order valence-electron chi connectivity index (χ4n) is 3.23. The van der Waals surface area contributed by atoms with E-state index in [1.807, 2.05) is 0 Å². The van der Waals surface area contributed by atoms with E-state index in [0.717, 1.165) is 25.1 Å². The van der Waals surface area contributed by atoms with E-state index in [1.54, 1.807) is 6.07 Å². The highest BCUT2D eigenvalue weighted by Crippen LogP contribution is 2.36. The molecule has 0 saturated carbocycles. The predicted molar refractivity (Wildman–Crippen MR) is 74.6 cm³/mol. The lowest BCUT2D eigenvalue weighted by molar-refractivity contribution is -0.138. The Balaban J connectivity index is 2.01. The third kappa shape index (κ3) is 2.70. The maximum Gasteiger partial charge on any atom is 0.416 e. The molecule has 2 heterocycles. The average molecular weight is 314 g/mol. The number of carbonyl (C=O) groups is 1. The summed E-state index contributed by atoms with van der Waals surface area (Å²) in [6.07, 6.45) is -2.86. The molecular formula is C15H17F3N2O2. The van der Waals surface area contributed by atoms with Crippen LogP contribution in [0.2, 0.25) is 0 Å². The highest BCUT2D eigenvalue weighted by Gasteiger charge is 2.45. The first-order valence-corrected chi connectivity index (χ1v) is 7.21. The highest BCUT2D eigenvalue weighted by molar-refractivity contribution is 5.96. The summed E-state index contributed by atoms with van der Waals surface area (Å²) in [5, 5.41) is 3.21. The topological polar surface area (TPSA) is 41.6 Å². The molecule has 0 aliphatic carbocycles. The van der Waals surface area contributed by atoms with Gasteiger partial charge >= 0.3 is 6.18 Å². The monoisotopic (exact) mass is 314 g/mol. The highest BCUT2D eigenvalue weighted by atomic mass is 19.4. The van der Waals surface area contributed by atoms with Gasteiger partial charge in [-0.15, -0.1) is 0 Å². The minimum atomic E-state index is -4.43. The molecule has 1 aromatic carbocycles. The van der Waals surface area contributed by atoms with Crippen molar-refractivity contribution >= 4 is 11.6 Å². The Morgan fingerprint density at radius 1 is 1.32 bits per heavy atom. The average Bonchev–Trinajstić information content (AvgIpc) is 2.47. The normalized spacial score (nSPS) is 26.5. The van der Waals surface area contributed by atoms with Crippen LogP contribution in [0, 0.1) is 0 Å². The number of morpholine rings is 1. The second-order valence-electron chi connectivity index (χ2n) is 5.77. The van der Waals surface area contributed by atoms with Crippen LogP contribution in [0.3, 0.4) is 0 Å². The van der Waals surface area contributed by atoms with Gasteiger partial charge in [-0.05, 0) is 37.6 Å². The second-order valence-corrected chi connectivity index (χ2v) is 5.77. The van der Waals surface area contributed by atoms with Crippen LogP contribution in [-0.2, 0) is 15.7 Å². The van der Waals surface area contributed by atoms with Crippen LogP contribution >= 0.6 is 0 Å². The number of benzene rings is 1. The number of carbonyl (C=O) groups excluding carboxylic acids is 1. The molecule has 1 unspecified atom stereocenters. The summed E-state index contributed by atoms with van der Waals surface area (Å²) in [6.45, 7) is 1.60. The fraction of sp³-hybridized carbons (Fsp3) is 0.533. The third-order valence-corrected chi connectivity index (χ3v) is 4.20. The van der Waals surface area contributed by atoms with Crippen LogP contribution in [0.5, 0.6) is 0 Å². The largest absolute Gasteiger partial charge is 0.416 e. The number of hydrogen-bond acceptors (Lipinski definition) is 3. The minimum Gasteiger partial charge on any atom is -0.369 e. The van der Waals surface area contributed by atoms with E-state index >= 15 is 0 Å². The first-order chi connectivity index (χ1) is 10.4. The molecule has 0 bridgehead atoms. The molecule has 22 heavy (non-hydrogen) atoms. The number of hydrogen-bond donors (Lipinski definition) is 1. The minimum absolute atomic E-state index is 0.0992. The van der Waals surface area contributed by atoms with Crippen LogP contribution in [0.1, 0.15) is 18.4 Å². The molecule has 7 heteroatoms. The summed E-state index contributed by atoms with van der Waals surface area (Å²) in [5.74, 6) is -0.297. The number of nitrogens with one attached hydrogen (secondary N) is 1. The zero-order chi connectivity index (χ0) is 15.8. The maximum absolute atomic E-state index is 12.9. The number of alkyl halides is 3. The number of ether oxygens (including phenoxy) is 1. The smallest absolute Gasteiger partial charge is 0.369 e. The van der Waals surface area contributed by atoms with E-state index in [-0.39, 0.29) is 18.2 Å². The summed E-state index contributed by atoms with van der Waals surface area (Å²) in [6, 6.07) is 4.94. The van der Waals surface area contributed by atoms with Gasteiger partial charge < -0.3 is 15.0 Å². The van der Waals surface area contributed by atoms with Crippen molar-refractivity contribution in [2.45, 2.75) is 24.6 Å². The van der Waals surface area contributed by atoms with Crippen molar-refractivity contribution in [3.05, 3.63) is 29.8 Å². The lowest BCUT2D eigenvalue weighted by Gasteiger charge is -2.49. The van der Waals surface area contributed by atoms with Crippen LogP contribution in [0.4, 0.5) is 18.9 Å². The van der Waals surface area contributed by atoms with E-state index in [4.69, 9.17) is 4.74 Å². The summed E-state index contributed by atoms with van der Waals surface area (Å²) >= 11 is 0. The molecule has 0 radical (unpaired) electrons. The van der Waals surface area contributed by atoms with E-state index in [1.165, 1.54) is 11.0 Å². The number of piperidine rings is 1. The Bertz CT molecular complexity index is 563. The Morgan fingerprint density at radius 2 is 2.14 bits per heavy atom. The Morgan fingerprint density at radius 3 is 2.82 bits per heavy atom. The van der Waals surface area contributed by atoms with E-state index in [2.05, 4.69) is 5.32 Å². The molecular weight excluding hydrogens is 297 g/mol. The number of rotatable bonds is 1. The van der Waals surface area contributed by atoms with Gasteiger partial charge in [-0.2, -0.15) is 13.2 Å². The lowest BCUT2D eigenvalue weighted by Crippen LogP contribution is -2.66. The van der Waals surface area contributed by atoms with E-state index in [0.29, 0.717) is 19.6 Å². The van der Waals surface area contributed by atoms with Crippen molar-refractivity contribution in [2.24, 2.45) is 0 Å². The first-order valence-electron chi connectivity index (χ1n) is 7.21. The van der Waals surface area contributed by atoms with Gasteiger partial charge in [-0.1, -0.05) is 6.07 Å². The van der Waals surface area contributed by atoms with Gasteiger partial charge in [0.2, 0.25) is 0 Å². The maximum atomic E-state index is 12.9. The third-order valence-electron chi connectivity index (χ3n) is 4.20. The van der Waals surface area contributed by atoms with E-state index in [9.17, 15) is 18.0 Å². The molecule has 2 saturated heterocycles. The number of amides is 1. The molecule has 1 aromatic rings. The molecule has 2 aliphatic rings. The molecule has 1 N–H and O–H groups in total. The summed E-state index contributed by atoms with van der Waals surface area (Å²) in [5.41, 5.74) is -1.06. The summed E-state index contributed by atoms with van der Waals surface area (Å²) in [4.78, 5) is 13.8. The molecule has 3 rings (SSSR count). The Labute approximate surface area is 126 Å². The van der Waals surface area contributed by atoms with Crippen molar-refractivity contribution in [1.29, 1.82) is 0 Å². The number of halogens is 3. The predicted octanol–water partition coefficient (Wildman–Crippen LogP) is 2.19. The molecule has 1 atom stereocenters. The van der Waals surface area contributed by atoms with Crippen molar-refractivity contribution < 1.29 is 22.7 Å². The van der Waals surface area contributed by atoms with Crippen LogP contribution < -0.4 is 10.2 Å². The molecule has 4 nitrogen and oxygen atoms in total. The molecule has 120 valence electrons. The Kier molecular flexibility index (Phi) is 3.86. The van der Waals surface area contributed by atoms with Crippen LogP contribution in [-0.4, -0.2) is 37.7 Å². The first kappa shape index (κ1) is 15.3. The second kappa shape index (κ2) is 5.55. The molecule has 0 aromatic heterocycles. The van der Waals surface area contributed by atoms with Crippen LogP contribution in [0.25, 0.3) is 0 Å². The SMILES string of the molecule is O=C1COCC2(CCCNC2)N1c1cccc(C(F)(F)F)c1. The zero-order valence-electron chi connectivity index (χ0n) is 11.9. The number of anilines is 1. The summed E-state index contributed by atoms with van der Waals surface area (Å²) < 4.78 is 44.1. The Hall–Kier alpha value is -1.60. The molecule has 1 spiro atoms. The number of nitrogens with zero attached hydrogens (tertiary/aromatic N) is 1. The quantitative estimate of drug-likeness (QED) is 0.864. The van der Waals surface area contributed by atoms with Gasteiger partial charge in [-0.3, -0.25) is 4.79 Å². The zero-order valence-corrected chi connectivity index (χ0v) is 11.9. The molecule has 2 fully saturated rings. The standard InChI is InChI=1S/C15H17F3N2O2/c16-15(17,18)11-3-1-4-12(7-11)20-13(21)8-22-10-14(20)5-2-6-19-9-14/h1,3-4,7,19H,2,5-6,8-10H2. The summed E-state index contributed by atoms with van der Waals surface area (Å²) in [7, 11) is 0. The van der Waals surface area contributed by atoms with Gasteiger partial charge in [0.1, 0.15) is 6.61 Å². The molecule has 2 aliphatic heterocycles. The fourth-order valence-corrected chi connectivity index (χ4v) is 3.23. The van der Waals surface area contributed by atoms with Crippen LogP contribution in [0.15, 0.2) is 24.3 Å². The van der Waals surface area contributed by atoms with Gasteiger partial charge in [0.15, 0.2) is 0 Å². The van der Waals surface area contributed by atoms with Gasteiger partial charge in [0.25, 0.3) is 5.91 Å². The van der Waals surface area contributed by atoms with Crippen molar-refractivity contribution in [2.75, 3.05) is 31.2 Å². The van der Waals surface area contributed by atoms with Gasteiger partial charge in [0, 0.05) is 12.2 Å².